The molecule has 156 valence electrons. The maximum Gasteiger partial charge on any atom is 0.521 e. The van der Waals surface area contributed by atoms with E-state index in [-0.39, 0.29) is 14.9 Å². The van der Waals surface area contributed by atoms with Crippen molar-refractivity contribution in [1.29, 1.82) is 0 Å². The molecule has 0 radical (unpaired) electrons. The maximum atomic E-state index is 6.26. The molecule has 0 amide bonds. The Kier molecular flexibility index (Phi) is 17.1. The fraction of sp³-hybridized carbons (Fsp3) is 0.647. The fourth-order valence-electron chi connectivity index (χ4n) is 1.98. The second-order valence-electron chi connectivity index (χ2n) is 4.77. The summed E-state index contributed by atoms with van der Waals surface area (Å²) in [5, 5.41) is 0. The van der Waals surface area contributed by atoms with Crippen LogP contribution in [-0.4, -0.2) is 52.6 Å². The highest BCUT2D eigenvalue weighted by molar-refractivity contribution is 6.87. The van der Waals surface area contributed by atoms with Gasteiger partial charge in [0.2, 0.25) is 0 Å². The molecule has 0 aromatic heterocycles. The predicted molar refractivity (Wildman–Crippen MR) is 116 cm³/mol. The standard InChI is InChI=1S/C15H32O6Si3.2CH4/c1-9-16-22(8,13-5)20-24(15-7,19-12-4)21-23(14-6,17-10-2)18-11-3;;/h13-15H,5-7,9-12H2,1-4,8H3;2*1H4. The Morgan fingerprint density at radius 2 is 1.00 bits per heavy atom. The van der Waals surface area contributed by atoms with Gasteiger partial charge in [0, 0.05) is 26.4 Å². The summed E-state index contributed by atoms with van der Waals surface area (Å²) in [6, 6.07) is 0. The van der Waals surface area contributed by atoms with E-state index in [9.17, 15) is 0 Å². The van der Waals surface area contributed by atoms with E-state index in [1.54, 1.807) is 17.1 Å². The zero-order valence-electron chi connectivity index (χ0n) is 15.6. The lowest BCUT2D eigenvalue weighted by atomic mass is 10.9. The van der Waals surface area contributed by atoms with E-state index in [4.69, 9.17) is 25.9 Å². The monoisotopic (exact) mass is 424 g/mol. The first-order valence-electron chi connectivity index (χ1n) is 8.21. The van der Waals surface area contributed by atoms with E-state index in [0.29, 0.717) is 26.4 Å². The minimum Gasteiger partial charge on any atom is -0.392 e. The van der Waals surface area contributed by atoms with Crippen LogP contribution < -0.4 is 0 Å². The summed E-state index contributed by atoms with van der Waals surface area (Å²) in [4.78, 5) is 0. The van der Waals surface area contributed by atoms with Crippen molar-refractivity contribution >= 4 is 26.2 Å². The second kappa shape index (κ2) is 14.7. The van der Waals surface area contributed by atoms with Crippen LogP contribution in [0, 0.1) is 0 Å². The first kappa shape index (κ1) is 30.4. The zero-order chi connectivity index (χ0) is 18.7. The summed E-state index contributed by atoms with van der Waals surface area (Å²) in [6.45, 7) is 22.7. The highest BCUT2D eigenvalue weighted by Gasteiger charge is 2.54. The molecule has 0 heterocycles. The molecule has 0 saturated heterocycles. The van der Waals surface area contributed by atoms with E-state index in [1.165, 1.54) is 0 Å². The van der Waals surface area contributed by atoms with Gasteiger partial charge in [-0.25, -0.2) is 0 Å². The van der Waals surface area contributed by atoms with Crippen LogP contribution in [0.25, 0.3) is 0 Å². The summed E-state index contributed by atoms with van der Waals surface area (Å²) < 4.78 is 35.7. The molecular formula is C17H40O6Si3. The van der Waals surface area contributed by atoms with Crippen molar-refractivity contribution in [2.75, 3.05) is 26.4 Å². The topological polar surface area (TPSA) is 55.4 Å². The van der Waals surface area contributed by atoms with E-state index < -0.39 is 26.2 Å². The summed E-state index contributed by atoms with van der Waals surface area (Å²) >= 11 is 0. The van der Waals surface area contributed by atoms with Gasteiger partial charge < -0.3 is 25.9 Å². The van der Waals surface area contributed by atoms with Gasteiger partial charge in [0.15, 0.2) is 0 Å². The molecule has 0 bridgehead atoms. The molecule has 9 heteroatoms. The highest BCUT2D eigenvalue weighted by Crippen LogP contribution is 2.26. The van der Waals surface area contributed by atoms with Crippen LogP contribution in [0.3, 0.4) is 0 Å². The quantitative estimate of drug-likeness (QED) is 0.359. The van der Waals surface area contributed by atoms with Crippen LogP contribution in [0.15, 0.2) is 36.8 Å². The third-order valence-corrected chi connectivity index (χ3v) is 12.7. The Hall–Kier alpha value is -0.369. The largest absolute Gasteiger partial charge is 0.521 e. The van der Waals surface area contributed by atoms with Crippen LogP contribution in [0.4, 0.5) is 0 Å². The summed E-state index contributed by atoms with van der Waals surface area (Å²) in [6.07, 6.45) is 0. The molecule has 0 aliphatic rings. The van der Waals surface area contributed by atoms with E-state index in [1.807, 2.05) is 34.2 Å². The fourth-order valence-corrected chi connectivity index (χ4v) is 11.2. The molecule has 0 aliphatic heterocycles. The van der Waals surface area contributed by atoms with Crippen LogP contribution in [0.2, 0.25) is 6.55 Å². The number of rotatable bonds is 15. The van der Waals surface area contributed by atoms with E-state index >= 15 is 0 Å². The van der Waals surface area contributed by atoms with Gasteiger partial charge in [0.25, 0.3) is 0 Å². The molecule has 2 atom stereocenters. The minimum absolute atomic E-state index is 0. The van der Waals surface area contributed by atoms with Gasteiger partial charge in [0.05, 0.1) is 0 Å². The Bertz CT molecular complexity index is 404. The van der Waals surface area contributed by atoms with Crippen molar-refractivity contribution in [3.63, 3.8) is 0 Å². The van der Waals surface area contributed by atoms with E-state index in [0.717, 1.165) is 0 Å². The lowest BCUT2D eigenvalue weighted by Crippen LogP contribution is -2.61. The van der Waals surface area contributed by atoms with Crippen molar-refractivity contribution in [2.45, 2.75) is 49.1 Å². The molecule has 0 aromatic rings. The van der Waals surface area contributed by atoms with Gasteiger partial charge >= 0.3 is 26.2 Å². The van der Waals surface area contributed by atoms with Gasteiger partial charge in [-0.2, -0.15) is 0 Å². The molecule has 0 N–H and O–H groups in total. The summed E-state index contributed by atoms with van der Waals surface area (Å²) in [5.74, 6) is 0. The normalized spacial score (nSPS) is 15.6. The number of hydrogen-bond donors (Lipinski definition) is 0. The predicted octanol–water partition coefficient (Wildman–Crippen LogP) is 4.56. The van der Waals surface area contributed by atoms with Crippen molar-refractivity contribution in [1.82, 2.24) is 0 Å². The molecule has 0 saturated carbocycles. The average Bonchev–Trinajstić information content (AvgIpc) is 2.55. The van der Waals surface area contributed by atoms with Crippen LogP contribution in [0.1, 0.15) is 42.5 Å². The third kappa shape index (κ3) is 9.02. The molecule has 0 rings (SSSR count). The SMILES string of the molecule is C.C.C=C[Si](C)(OCC)O[Si](C=C)(OCC)O[Si](C=C)(OCC)OCC. The molecule has 26 heavy (non-hydrogen) atoms. The van der Waals surface area contributed by atoms with Gasteiger partial charge in [-0.3, -0.25) is 0 Å². The third-order valence-electron chi connectivity index (χ3n) is 2.97. The van der Waals surface area contributed by atoms with Crippen molar-refractivity contribution in [2.24, 2.45) is 0 Å². The van der Waals surface area contributed by atoms with Crippen molar-refractivity contribution in [3.8, 4) is 0 Å². The Morgan fingerprint density at radius 3 is 1.31 bits per heavy atom. The van der Waals surface area contributed by atoms with Gasteiger partial charge in [-0.1, -0.05) is 33.7 Å². The Balaban J connectivity index is -0.00000264. The molecule has 0 aliphatic carbocycles. The molecular weight excluding hydrogens is 384 g/mol. The molecule has 6 nitrogen and oxygen atoms in total. The smallest absolute Gasteiger partial charge is 0.392 e. The lowest BCUT2D eigenvalue weighted by Gasteiger charge is -2.38. The minimum atomic E-state index is -3.32. The van der Waals surface area contributed by atoms with Crippen LogP contribution in [-0.2, 0) is 25.9 Å². The average molecular weight is 425 g/mol. The van der Waals surface area contributed by atoms with Gasteiger partial charge in [0.1, 0.15) is 0 Å². The highest BCUT2D eigenvalue weighted by atomic mass is 28.5. The molecule has 0 fully saturated rings. The van der Waals surface area contributed by atoms with E-state index in [2.05, 4.69) is 19.7 Å². The molecule has 2 unspecified atom stereocenters. The molecule has 0 spiro atoms. The van der Waals surface area contributed by atoms with Crippen LogP contribution in [0.5, 0.6) is 0 Å². The summed E-state index contributed by atoms with van der Waals surface area (Å²) in [5.41, 5.74) is 4.86. The van der Waals surface area contributed by atoms with Crippen molar-refractivity contribution < 1.29 is 25.9 Å². The van der Waals surface area contributed by atoms with Crippen molar-refractivity contribution in [3.05, 3.63) is 36.8 Å². The van der Waals surface area contributed by atoms with Gasteiger partial charge in [-0.15, -0.1) is 6.58 Å². The number of hydrogen-bond acceptors (Lipinski definition) is 6. The zero-order valence-corrected chi connectivity index (χ0v) is 18.6. The van der Waals surface area contributed by atoms with Gasteiger partial charge in [-0.05, 0) is 45.6 Å². The first-order valence-corrected chi connectivity index (χ1v) is 14.2. The summed E-state index contributed by atoms with van der Waals surface area (Å²) in [7, 11) is -9.18. The van der Waals surface area contributed by atoms with Crippen LogP contribution >= 0.6 is 0 Å². The Morgan fingerprint density at radius 1 is 0.615 bits per heavy atom. The Labute approximate surface area is 164 Å². The first-order chi connectivity index (χ1) is 11.3. The molecule has 0 aromatic carbocycles. The lowest BCUT2D eigenvalue weighted by molar-refractivity contribution is 0.0805. The second-order valence-corrected chi connectivity index (χ2v) is 13.2. The maximum absolute atomic E-state index is 6.26.